The standard InChI is InChI=1S/C12H21N3O/c1-2-3-8-16-9-4-5-13-10-12-11-14-6-7-15-12/h6-7,11,13H,2-5,8-10H2,1H3. The molecule has 0 spiro atoms. The second-order valence-corrected chi connectivity index (χ2v) is 3.69. The molecule has 0 aliphatic heterocycles. The zero-order chi connectivity index (χ0) is 11.5. The summed E-state index contributed by atoms with van der Waals surface area (Å²) in [4.78, 5) is 8.19. The molecule has 1 heterocycles. The van der Waals surface area contributed by atoms with E-state index >= 15 is 0 Å². The van der Waals surface area contributed by atoms with Crippen molar-refractivity contribution in [3.8, 4) is 0 Å². The first-order valence-corrected chi connectivity index (χ1v) is 5.97. The van der Waals surface area contributed by atoms with E-state index in [0.717, 1.165) is 44.8 Å². The van der Waals surface area contributed by atoms with Gasteiger partial charge in [0.25, 0.3) is 0 Å². The fourth-order valence-electron chi connectivity index (χ4n) is 1.29. The van der Waals surface area contributed by atoms with Gasteiger partial charge in [0.15, 0.2) is 0 Å². The lowest BCUT2D eigenvalue weighted by atomic mass is 10.3. The van der Waals surface area contributed by atoms with E-state index in [-0.39, 0.29) is 0 Å². The minimum absolute atomic E-state index is 0.781. The van der Waals surface area contributed by atoms with Gasteiger partial charge in [-0.25, -0.2) is 0 Å². The first-order chi connectivity index (χ1) is 7.93. The van der Waals surface area contributed by atoms with Crippen LogP contribution in [0.1, 0.15) is 31.9 Å². The summed E-state index contributed by atoms with van der Waals surface area (Å²) >= 11 is 0. The Morgan fingerprint density at radius 3 is 2.88 bits per heavy atom. The fraction of sp³-hybridized carbons (Fsp3) is 0.667. The minimum Gasteiger partial charge on any atom is -0.381 e. The second kappa shape index (κ2) is 9.24. The Morgan fingerprint density at radius 1 is 1.25 bits per heavy atom. The van der Waals surface area contributed by atoms with E-state index in [0.29, 0.717) is 0 Å². The number of nitrogens with zero attached hydrogens (tertiary/aromatic N) is 2. The van der Waals surface area contributed by atoms with E-state index in [1.807, 2.05) is 0 Å². The molecule has 0 aliphatic carbocycles. The lowest BCUT2D eigenvalue weighted by Crippen LogP contribution is -2.17. The summed E-state index contributed by atoms with van der Waals surface area (Å²) in [5.74, 6) is 0. The number of hydrogen-bond donors (Lipinski definition) is 1. The van der Waals surface area contributed by atoms with Gasteiger partial charge in [-0.3, -0.25) is 9.97 Å². The van der Waals surface area contributed by atoms with Crippen LogP contribution in [-0.4, -0.2) is 29.7 Å². The maximum Gasteiger partial charge on any atom is 0.0724 e. The van der Waals surface area contributed by atoms with Crippen molar-refractivity contribution < 1.29 is 4.74 Å². The maximum atomic E-state index is 5.46. The number of ether oxygens (including phenoxy) is 1. The Bertz CT molecular complexity index is 254. The van der Waals surface area contributed by atoms with Crippen molar-refractivity contribution in [3.05, 3.63) is 24.3 Å². The second-order valence-electron chi connectivity index (χ2n) is 3.69. The third-order valence-corrected chi connectivity index (χ3v) is 2.21. The zero-order valence-corrected chi connectivity index (χ0v) is 9.98. The van der Waals surface area contributed by atoms with E-state index < -0.39 is 0 Å². The number of rotatable bonds is 9. The molecule has 1 aromatic rings. The normalized spacial score (nSPS) is 10.6. The molecule has 1 aromatic heterocycles. The van der Waals surface area contributed by atoms with Crippen LogP contribution in [0.5, 0.6) is 0 Å². The van der Waals surface area contributed by atoms with Crippen LogP contribution in [0, 0.1) is 0 Å². The van der Waals surface area contributed by atoms with Crippen molar-refractivity contribution in [1.82, 2.24) is 15.3 Å². The van der Waals surface area contributed by atoms with Crippen LogP contribution >= 0.6 is 0 Å². The molecule has 0 bridgehead atoms. The van der Waals surface area contributed by atoms with E-state index in [9.17, 15) is 0 Å². The van der Waals surface area contributed by atoms with Gasteiger partial charge < -0.3 is 10.1 Å². The monoisotopic (exact) mass is 223 g/mol. The van der Waals surface area contributed by atoms with Gasteiger partial charge in [0, 0.05) is 38.3 Å². The molecule has 0 radical (unpaired) electrons. The summed E-state index contributed by atoms with van der Waals surface area (Å²) < 4.78 is 5.46. The maximum absolute atomic E-state index is 5.46. The van der Waals surface area contributed by atoms with E-state index in [1.54, 1.807) is 18.6 Å². The van der Waals surface area contributed by atoms with Crippen LogP contribution in [0.25, 0.3) is 0 Å². The van der Waals surface area contributed by atoms with E-state index in [2.05, 4.69) is 22.2 Å². The molecule has 0 aliphatic rings. The molecule has 0 unspecified atom stereocenters. The van der Waals surface area contributed by atoms with Crippen LogP contribution in [0.3, 0.4) is 0 Å². The molecule has 90 valence electrons. The highest BCUT2D eigenvalue weighted by Crippen LogP contribution is 1.91. The molecule has 16 heavy (non-hydrogen) atoms. The Labute approximate surface area is 97.5 Å². The molecule has 0 amide bonds. The third kappa shape index (κ3) is 6.48. The number of aromatic nitrogens is 2. The van der Waals surface area contributed by atoms with Gasteiger partial charge in [-0.15, -0.1) is 0 Å². The third-order valence-electron chi connectivity index (χ3n) is 2.21. The van der Waals surface area contributed by atoms with Gasteiger partial charge in [0.05, 0.1) is 5.69 Å². The fourth-order valence-corrected chi connectivity index (χ4v) is 1.29. The SMILES string of the molecule is CCCCOCCCNCc1cnccn1. The molecule has 0 aromatic carbocycles. The Balaban J connectivity index is 1.89. The smallest absolute Gasteiger partial charge is 0.0724 e. The van der Waals surface area contributed by atoms with Crippen molar-refractivity contribution in [2.75, 3.05) is 19.8 Å². The van der Waals surface area contributed by atoms with Crippen molar-refractivity contribution in [2.45, 2.75) is 32.7 Å². The first kappa shape index (κ1) is 13.1. The number of hydrogen-bond acceptors (Lipinski definition) is 4. The summed E-state index contributed by atoms with van der Waals surface area (Å²) in [6.07, 6.45) is 8.59. The van der Waals surface area contributed by atoms with Crippen LogP contribution in [0.4, 0.5) is 0 Å². The summed E-state index contributed by atoms with van der Waals surface area (Å²) in [5, 5.41) is 3.31. The summed E-state index contributed by atoms with van der Waals surface area (Å²) in [5.41, 5.74) is 0.981. The van der Waals surface area contributed by atoms with Crippen molar-refractivity contribution in [2.24, 2.45) is 0 Å². The largest absolute Gasteiger partial charge is 0.381 e. The summed E-state index contributed by atoms with van der Waals surface area (Å²) in [7, 11) is 0. The molecule has 4 nitrogen and oxygen atoms in total. The highest BCUT2D eigenvalue weighted by atomic mass is 16.5. The van der Waals surface area contributed by atoms with Crippen molar-refractivity contribution >= 4 is 0 Å². The molecule has 0 atom stereocenters. The van der Waals surface area contributed by atoms with E-state index in [1.165, 1.54) is 6.42 Å². The molecule has 1 N–H and O–H groups in total. The van der Waals surface area contributed by atoms with Crippen LogP contribution in [0.2, 0.25) is 0 Å². The average Bonchev–Trinajstić information content (AvgIpc) is 2.34. The number of unbranched alkanes of at least 4 members (excludes halogenated alkanes) is 1. The van der Waals surface area contributed by atoms with Crippen LogP contribution in [-0.2, 0) is 11.3 Å². The Hall–Kier alpha value is -1.00. The average molecular weight is 223 g/mol. The summed E-state index contributed by atoms with van der Waals surface area (Å²) in [6, 6.07) is 0. The van der Waals surface area contributed by atoms with E-state index in [4.69, 9.17) is 4.74 Å². The summed E-state index contributed by atoms with van der Waals surface area (Å²) in [6.45, 7) is 5.64. The van der Waals surface area contributed by atoms with Gasteiger partial charge in [-0.05, 0) is 19.4 Å². The topological polar surface area (TPSA) is 47.0 Å². The molecule has 0 fully saturated rings. The van der Waals surface area contributed by atoms with Gasteiger partial charge in [-0.2, -0.15) is 0 Å². The van der Waals surface area contributed by atoms with Gasteiger partial charge in [0.2, 0.25) is 0 Å². The van der Waals surface area contributed by atoms with Gasteiger partial charge in [-0.1, -0.05) is 13.3 Å². The molecular formula is C12H21N3O. The highest BCUT2D eigenvalue weighted by Gasteiger charge is 1.93. The zero-order valence-electron chi connectivity index (χ0n) is 9.98. The van der Waals surface area contributed by atoms with Gasteiger partial charge in [0.1, 0.15) is 0 Å². The first-order valence-electron chi connectivity index (χ1n) is 5.97. The minimum atomic E-state index is 0.781. The molecular weight excluding hydrogens is 202 g/mol. The lowest BCUT2D eigenvalue weighted by molar-refractivity contribution is 0.128. The predicted octanol–water partition coefficient (Wildman–Crippen LogP) is 1.77. The Kier molecular flexibility index (Phi) is 7.55. The van der Waals surface area contributed by atoms with Gasteiger partial charge >= 0.3 is 0 Å². The highest BCUT2D eigenvalue weighted by molar-refractivity contribution is 4.93. The molecule has 0 saturated carbocycles. The molecule has 1 rings (SSSR count). The quantitative estimate of drug-likeness (QED) is 0.648. The van der Waals surface area contributed by atoms with Crippen LogP contribution < -0.4 is 5.32 Å². The van der Waals surface area contributed by atoms with Crippen molar-refractivity contribution in [1.29, 1.82) is 0 Å². The van der Waals surface area contributed by atoms with Crippen LogP contribution in [0.15, 0.2) is 18.6 Å². The Morgan fingerprint density at radius 2 is 2.12 bits per heavy atom. The lowest BCUT2D eigenvalue weighted by Gasteiger charge is -2.04. The predicted molar refractivity (Wildman–Crippen MR) is 64.1 cm³/mol. The molecule has 4 heteroatoms. The molecule has 0 saturated heterocycles. The number of nitrogens with one attached hydrogen (secondary N) is 1. The van der Waals surface area contributed by atoms with Crippen molar-refractivity contribution in [3.63, 3.8) is 0 Å².